The standard InChI is InChI=1S/C11H14.C10H12.2C10H10.C9H10.C9H8.C8H7N.C8H10O.C8H10S.9C4H10/c1-2-6-10-8-4-5-9-11(10)7-3-1;3*1-2-6-10-8-4-3-7-9(10)5-1;2*1-2-5-9-7-3-6-8(9)4-1;1-3-7-4-2-6-9-8(7)5-1;2*1-2-4-8-7(3-1)5-6-9-8;9*1-4(2)3/h4-5,8-9H,1-3,6-7H2;1-2,5-6H,3-4,7-8H2;1-3,5-7H,4,8H2;1-6H,7-8H2;1-2,4-5H,3,6-7H2;1-6H,7H2;1-2,4-6H,3H2;2*5-6H,1-4H2;9*4H,1-3H3. The molecular formula is C119H181NOS. The number of furan rings is 1. The van der Waals surface area contributed by atoms with Gasteiger partial charge in [0.05, 0.1) is 12.0 Å². The SMILES string of the molecule is C1=CCc2ccccc2C1.C1=Cc2ccccc2C1.C1=Cc2ccccc2CC1.C1=Cc2ncccc2C1.CC(C)C.CC(C)C.CC(C)C.CC(C)C.CC(C)C.CC(C)C.CC(C)C.CC(C)C.CC(C)C.c1cc2c(o1)CCCC2.c1cc2c(s1)CCCC2.c1ccc2c(c1)CCC2.c1ccc2c(c1)CCCC2.c1ccc2c(c1)CCCCC2. The largest absolute Gasteiger partial charge is 0.469 e. The van der Waals surface area contributed by atoms with E-state index < -0.39 is 0 Å². The van der Waals surface area contributed by atoms with Crippen LogP contribution in [0.2, 0.25) is 0 Å². The molecule has 0 bridgehead atoms. The van der Waals surface area contributed by atoms with Crippen LogP contribution in [0.25, 0.3) is 18.2 Å². The average Bonchev–Trinajstić information content (AvgIpc) is 1.86. The second-order valence-electron chi connectivity index (χ2n) is 39.4. The van der Waals surface area contributed by atoms with E-state index in [-0.39, 0.29) is 0 Å². The minimum Gasteiger partial charge on any atom is -0.469 e. The van der Waals surface area contributed by atoms with Crippen LogP contribution in [0.15, 0.2) is 222 Å². The Bertz CT molecular complexity index is 3720. The molecule has 0 N–H and O–H groups in total. The zero-order chi connectivity index (χ0) is 90.7. The molecule has 0 spiro atoms. The Balaban J connectivity index is 0.000000655. The first kappa shape index (κ1) is 112. The molecule has 0 radical (unpaired) electrons. The summed E-state index contributed by atoms with van der Waals surface area (Å²) in [5.74, 6) is 8.72. The number of nitrogens with zero attached hydrogens (tertiary/aromatic N) is 1. The number of fused-ring (bicyclic) bond motifs is 9. The van der Waals surface area contributed by atoms with Crippen molar-refractivity contribution in [2.24, 2.45) is 53.3 Å². The molecule has 18 rings (SSSR count). The Hall–Kier alpha value is -7.59. The van der Waals surface area contributed by atoms with Crippen LogP contribution in [0, 0.1) is 53.3 Å². The summed E-state index contributed by atoms with van der Waals surface area (Å²) < 4.78 is 5.26. The van der Waals surface area contributed by atoms with Crippen LogP contribution in [0.3, 0.4) is 0 Å². The lowest BCUT2D eigenvalue weighted by atomic mass is 9.92. The third kappa shape index (κ3) is 61.7. The highest BCUT2D eigenvalue weighted by atomic mass is 32.1. The van der Waals surface area contributed by atoms with Crippen LogP contribution in [0.1, 0.15) is 357 Å². The first-order valence-corrected chi connectivity index (χ1v) is 49.3. The van der Waals surface area contributed by atoms with Gasteiger partial charge in [-0.2, -0.15) is 0 Å². The smallest absolute Gasteiger partial charge is 0.106 e. The van der Waals surface area contributed by atoms with E-state index in [0.29, 0.717) is 0 Å². The lowest BCUT2D eigenvalue weighted by Gasteiger charge is -2.13. The van der Waals surface area contributed by atoms with Crippen LogP contribution in [0.5, 0.6) is 0 Å². The van der Waals surface area contributed by atoms with Gasteiger partial charge in [-0.3, -0.25) is 4.98 Å². The molecular weight excluding hydrogens is 1490 g/mol. The van der Waals surface area contributed by atoms with Crippen molar-refractivity contribution in [1.29, 1.82) is 0 Å². The summed E-state index contributed by atoms with van der Waals surface area (Å²) in [7, 11) is 0. The van der Waals surface area contributed by atoms with E-state index in [9.17, 15) is 0 Å². The van der Waals surface area contributed by atoms with Crippen LogP contribution in [-0.2, 0) is 96.3 Å². The molecule has 0 fully saturated rings. The van der Waals surface area contributed by atoms with Crippen LogP contribution >= 0.6 is 11.3 Å². The zero-order valence-electron chi connectivity index (χ0n) is 83.4. The number of hydrogen-bond acceptors (Lipinski definition) is 3. The van der Waals surface area contributed by atoms with E-state index in [0.717, 1.165) is 91.1 Å². The summed E-state index contributed by atoms with van der Waals surface area (Å²) in [6, 6.07) is 60.6. The summed E-state index contributed by atoms with van der Waals surface area (Å²) in [5, 5.41) is 2.22. The molecule has 9 aliphatic rings. The second-order valence-corrected chi connectivity index (χ2v) is 40.4. The average molecular weight is 1670 g/mol. The van der Waals surface area contributed by atoms with Crippen molar-refractivity contribution in [3.05, 3.63) is 318 Å². The third-order valence-electron chi connectivity index (χ3n) is 17.8. The van der Waals surface area contributed by atoms with Crippen molar-refractivity contribution in [1.82, 2.24) is 4.98 Å². The highest BCUT2D eigenvalue weighted by Crippen LogP contribution is 2.27. The molecule has 674 valence electrons. The fraction of sp³-hybridized carbons (Fsp3) is 0.521. The van der Waals surface area contributed by atoms with Crippen LogP contribution in [0.4, 0.5) is 0 Å². The number of hydrogen-bond donors (Lipinski definition) is 0. The van der Waals surface area contributed by atoms with E-state index in [1.54, 1.807) is 50.1 Å². The lowest BCUT2D eigenvalue weighted by Crippen LogP contribution is -2.00. The predicted octanol–water partition coefficient (Wildman–Crippen LogP) is 36.3. The maximum atomic E-state index is 5.26. The molecule has 122 heavy (non-hydrogen) atoms. The molecule has 0 atom stereocenters. The Morgan fingerprint density at radius 2 is 0.541 bits per heavy atom. The third-order valence-corrected chi connectivity index (χ3v) is 18.8. The summed E-state index contributed by atoms with van der Waals surface area (Å²) in [5.41, 5.74) is 23.7. The van der Waals surface area contributed by atoms with Gasteiger partial charge in [0, 0.05) is 17.5 Å². The van der Waals surface area contributed by atoms with E-state index in [1.807, 2.05) is 23.6 Å². The molecule has 3 aromatic heterocycles. The number of pyridine rings is 1. The van der Waals surface area contributed by atoms with E-state index in [2.05, 4.69) is 410 Å². The molecule has 3 heteroatoms. The number of rotatable bonds is 0. The quantitative estimate of drug-likeness (QED) is 0.112. The first-order valence-electron chi connectivity index (χ1n) is 48.4. The molecule has 0 unspecified atom stereocenters. The fourth-order valence-electron chi connectivity index (χ4n) is 12.9. The molecule has 0 aliphatic heterocycles. The molecule has 2 nitrogen and oxygen atoms in total. The Morgan fingerprint density at radius 1 is 0.238 bits per heavy atom. The van der Waals surface area contributed by atoms with E-state index in [1.165, 1.54) is 185 Å². The number of thiophene rings is 1. The van der Waals surface area contributed by atoms with Gasteiger partial charge in [0.2, 0.25) is 0 Å². The van der Waals surface area contributed by atoms with Crippen molar-refractivity contribution in [2.75, 3.05) is 0 Å². The normalized spacial score (nSPS) is 13.7. The molecule has 0 saturated carbocycles. The minimum atomic E-state index is 0.833. The summed E-state index contributed by atoms with van der Waals surface area (Å²) in [4.78, 5) is 5.81. The van der Waals surface area contributed by atoms with Gasteiger partial charge in [0.1, 0.15) is 5.76 Å². The van der Waals surface area contributed by atoms with Gasteiger partial charge in [-0.1, -0.05) is 388 Å². The number of allylic oxidation sites excluding steroid dienone is 5. The highest BCUT2D eigenvalue weighted by molar-refractivity contribution is 7.10. The van der Waals surface area contributed by atoms with Gasteiger partial charge >= 0.3 is 0 Å². The van der Waals surface area contributed by atoms with Gasteiger partial charge in [0.15, 0.2) is 0 Å². The van der Waals surface area contributed by atoms with Crippen molar-refractivity contribution >= 4 is 29.6 Å². The van der Waals surface area contributed by atoms with Crippen molar-refractivity contribution in [3.63, 3.8) is 0 Å². The maximum absolute atomic E-state index is 5.26. The maximum Gasteiger partial charge on any atom is 0.106 e. The Morgan fingerprint density at radius 3 is 0.934 bits per heavy atom. The van der Waals surface area contributed by atoms with E-state index >= 15 is 0 Å². The topological polar surface area (TPSA) is 26.0 Å². The minimum absolute atomic E-state index is 0.833. The van der Waals surface area contributed by atoms with Crippen molar-refractivity contribution in [3.8, 4) is 0 Å². The van der Waals surface area contributed by atoms with Gasteiger partial charge in [-0.15, -0.1) is 11.3 Å². The molecule has 0 saturated heterocycles. The molecule has 9 aliphatic carbocycles. The van der Waals surface area contributed by atoms with Crippen molar-refractivity contribution in [2.45, 2.75) is 354 Å². The summed E-state index contributed by atoms with van der Waals surface area (Å²) in [6.07, 6.45) is 54.6. The van der Waals surface area contributed by atoms with E-state index in [4.69, 9.17) is 4.42 Å². The number of aromatic nitrogens is 1. The first-order chi connectivity index (χ1) is 58.3. The predicted molar refractivity (Wildman–Crippen MR) is 553 cm³/mol. The Labute approximate surface area is 758 Å². The zero-order valence-corrected chi connectivity index (χ0v) is 84.2. The highest BCUT2D eigenvalue weighted by Gasteiger charge is 2.13. The number of benzene rings is 6. The second kappa shape index (κ2) is 71.7. The van der Waals surface area contributed by atoms with Crippen LogP contribution < -0.4 is 0 Å². The van der Waals surface area contributed by atoms with Crippen molar-refractivity contribution < 1.29 is 4.42 Å². The van der Waals surface area contributed by atoms with Gasteiger partial charge < -0.3 is 4.42 Å². The lowest BCUT2D eigenvalue weighted by molar-refractivity contribution is 0.478. The molecule has 0 amide bonds. The van der Waals surface area contributed by atoms with Gasteiger partial charge in [0.25, 0.3) is 0 Å². The monoisotopic (exact) mass is 1670 g/mol. The van der Waals surface area contributed by atoms with Gasteiger partial charge in [-0.05, 0) is 320 Å². The molecule has 9 aromatic rings. The van der Waals surface area contributed by atoms with Gasteiger partial charge in [-0.25, -0.2) is 0 Å². The van der Waals surface area contributed by atoms with Crippen LogP contribution in [-0.4, -0.2) is 4.98 Å². The molecule has 6 aromatic carbocycles. The molecule has 3 heterocycles. The number of aryl methyl sites for hydroxylation is 11. The summed E-state index contributed by atoms with van der Waals surface area (Å²) in [6.45, 7) is 58.5. The summed E-state index contributed by atoms with van der Waals surface area (Å²) >= 11 is 1.93. The fourth-order valence-corrected chi connectivity index (χ4v) is 13.9. The Kier molecular flexibility index (Phi) is 66.0.